The first-order valence-electron chi connectivity index (χ1n) is 25.3. The number of esters is 2. The van der Waals surface area contributed by atoms with Crippen LogP contribution in [0.1, 0.15) is 112 Å². The highest BCUT2D eigenvalue weighted by molar-refractivity contribution is 5.85. The van der Waals surface area contributed by atoms with Crippen LogP contribution in [-0.2, 0) is 57.0 Å². The number of aliphatic hydroxyl groups excluding tert-OH is 7. The van der Waals surface area contributed by atoms with Crippen LogP contribution in [0.15, 0.2) is 11.6 Å². The van der Waals surface area contributed by atoms with Crippen molar-refractivity contribution in [2.45, 2.75) is 234 Å². The van der Waals surface area contributed by atoms with Gasteiger partial charge in [-0.15, -0.1) is 0 Å². The highest BCUT2D eigenvalue weighted by Crippen LogP contribution is 2.70. The molecule has 8 fully saturated rings. The van der Waals surface area contributed by atoms with Gasteiger partial charge in [0, 0.05) is 50.0 Å². The molecule has 0 radical (unpaired) electrons. The Morgan fingerprint density at radius 2 is 1.33 bits per heavy atom. The molecule has 5 aliphatic heterocycles. The van der Waals surface area contributed by atoms with Crippen LogP contribution in [0.5, 0.6) is 0 Å². The molecule has 0 spiro atoms. The van der Waals surface area contributed by atoms with Gasteiger partial charge in [0.2, 0.25) is 0 Å². The Labute approximate surface area is 402 Å². The van der Waals surface area contributed by atoms with Gasteiger partial charge in [-0.25, -0.2) is 4.79 Å². The lowest BCUT2D eigenvalue weighted by Gasteiger charge is -2.63. The second-order valence-corrected chi connectivity index (χ2v) is 22.3. The first-order valence-corrected chi connectivity index (χ1v) is 25.3. The maximum atomic E-state index is 12.6. The van der Waals surface area contributed by atoms with E-state index in [1.807, 2.05) is 6.92 Å². The molecule has 4 saturated carbocycles. The standard InChI is InChI=1S/C49H76O20/c1-21-43(67-37-16-31(53)44(22(2)62-37)68-38-17-33(64-24(4)51)45(23(3)63-38)69-46-42(58)41(57)40(56)34(19-50)66-46)30(52)15-36(61-21)65-27-9-11-47(5)26(14-27)7-8-29-28(47)10-12-48(6)39(25-13-35(55)60-20-25)32(54)18-49(29,48)59/h13,21-23,26-34,36-46,50,52-54,56-59H,7-12,14-20H2,1-6H3/t21-,22-,23-,26-,27-,28+,29-,30-,31-,32+,33-,34+,36-,37-,38+,39+,40+,41-,42+,43+,44+,45-,46-,47+,48-,49+/m1/s1. The van der Waals surface area contributed by atoms with Crippen LogP contribution in [0.25, 0.3) is 0 Å². The highest BCUT2D eigenvalue weighted by atomic mass is 16.8. The smallest absolute Gasteiger partial charge is 0.331 e. The Morgan fingerprint density at radius 1 is 0.710 bits per heavy atom. The molecule has 4 aliphatic carbocycles. The van der Waals surface area contributed by atoms with Crippen molar-refractivity contribution >= 4 is 11.9 Å². The number of carbonyl (C=O) groups is 2. The van der Waals surface area contributed by atoms with Crippen LogP contribution >= 0.6 is 0 Å². The Balaban J connectivity index is 0.749. The first-order chi connectivity index (χ1) is 32.6. The van der Waals surface area contributed by atoms with E-state index in [-0.39, 0.29) is 55.2 Å². The topological polar surface area (TPSA) is 288 Å². The molecule has 26 atom stereocenters. The van der Waals surface area contributed by atoms with Crippen LogP contribution in [0.3, 0.4) is 0 Å². The zero-order valence-corrected chi connectivity index (χ0v) is 40.5. The molecule has 5 heterocycles. The highest BCUT2D eigenvalue weighted by Gasteiger charge is 2.70. The molecule has 20 nitrogen and oxygen atoms in total. The van der Waals surface area contributed by atoms with E-state index in [1.165, 1.54) is 13.0 Å². The summed E-state index contributed by atoms with van der Waals surface area (Å²) in [4.78, 5) is 24.2. The molecule has 0 bridgehead atoms. The minimum Gasteiger partial charge on any atom is -0.459 e. The van der Waals surface area contributed by atoms with E-state index in [4.69, 9.17) is 47.4 Å². The molecular weight excluding hydrogens is 909 g/mol. The number of aliphatic hydroxyl groups is 8. The third kappa shape index (κ3) is 9.59. The minimum absolute atomic E-state index is 0.000687. The molecule has 8 N–H and O–H groups in total. The minimum atomic E-state index is -1.68. The lowest BCUT2D eigenvalue weighted by molar-refractivity contribution is -0.355. The second-order valence-electron chi connectivity index (χ2n) is 22.3. The Hall–Kier alpha value is -1.96. The molecule has 0 amide bonds. The third-order valence-corrected chi connectivity index (χ3v) is 18.2. The number of hydrogen-bond acceptors (Lipinski definition) is 20. The summed E-state index contributed by atoms with van der Waals surface area (Å²) in [6, 6.07) is 0. The summed E-state index contributed by atoms with van der Waals surface area (Å²) >= 11 is 0. The van der Waals surface area contributed by atoms with Crippen molar-refractivity contribution in [2.75, 3.05) is 13.2 Å². The van der Waals surface area contributed by atoms with Crippen molar-refractivity contribution in [2.24, 2.45) is 34.5 Å². The maximum Gasteiger partial charge on any atom is 0.331 e. The van der Waals surface area contributed by atoms with Gasteiger partial charge in [-0.05, 0) is 94.5 Å². The van der Waals surface area contributed by atoms with Crippen LogP contribution in [0, 0.1) is 34.5 Å². The predicted molar refractivity (Wildman–Crippen MR) is 235 cm³/mol. The second kappa shape index (κ2) is 20.0. The van der Waals surface area contributed by atoms with E-state index >= 15 is 0 Å². The molecule has 0 unspecified atom stereocenters. The lowest BCUT2D eigenvalue weighted by atomic mass is 9.43. The fourth-order valence-corrected chi connectivity index (χ4v) is 14.7. The summed E-state index contributed by atoms with van der Waals surface area (Å²) in [6.07, 6.45) is -10.8. The van der Waals surface area contributed by atoms with Crippen molar-refractivity contribution in [3.8, 4) is 0 Å². The van der Waals surface area contributed by atoms with Crippen LogP contribution < -0.4 is 0 Å². The molecule has 392 valence electrons. The normalized spacial score (nSPS) is 53.3. The predicted octanol–water partition coefficient (Wildman–Crippen LogP) is 0.613. The molecule has 4 saturated heterocycles. The quantitative estimate of drug-likeness (QED) is 0.104. The lowest BCUT2D eigenvalue weighted by Crippen LogP contribution is -2.62. The fraction of sp³-hybridized carbons (Fsp3) is 0.918. The van der Waals surface area contributed by atoms with E-state index in [0.29, 0.717) is 18.3 Å². The Bertz CT molecular complexity index is 1850. The van der Waals surface area contributed by atoms with Gasteiger partial charge in [-0.3, -0.25) is 4.79 Å². The molecule has 69 heavy (non-hydrogen) atoms. The molecule has 0 aromatic heterocycles. The Morgan fingerprint density at radius 3 is 1.93 bits per heavy atom. The van der Waals surface area contributed by atoms with Gasteiger partial charge in [0.25, 0.3) is 0 Å². The molecule has 20 heteroatoms. The summed E-state index contributed by atoms with van der Waals surface area (Å²) in [5.74, 6) is -0.609. The van der Waals surface area contributed by atoms with Crippen molar-refractivity contribution < 1.29 is 97.8 Å². The van der Waals surface area contributed by atoms with Gasteiger partial charge in [0.15, 0.2) is 25.2 Å². The van der Waals surface area contributed by atoms with Crippen molar-refractivity contribution in [3.05, 3.63) is 11.6 Å². The van der Waals surface area contributed by atoms with Gasteiger partial charge in [0.1, 0.15) is 55.4 Å². The van der Waals surface area contributed by atoms with Crippen molar-refractivity contribution in [3.63, 3.8) is 0 Å². The summed E-state index contributed by atoms with van der Waals surface area (Å²) in [6.45, 7) is 10.4. The van der Waals surface area contributed by atoms with E-state index in [0.717, 1.165) is 50.5 Å². The van der Waals surface area contributed by atoms with Crippen LogP contribution in [0.2, 0.25) is 0 Å². The zero-order chi connectivity index (χ0) is 49.5. The van der Waals surface area contributed by atoms with Crippen molar-refractivity contribution in [1.82, 2.24) is 0 Å². The average Bonchev–Trinajstić information content (AvgIpc) is 3.79. The van der Waals surface area contributed by atoms with Gasteiger partial charge in [-0.1, -0.05) is 13.8 Å². The average molecular weight is 985 g/mol. The van der Waals surface area contributed by atoms with Crippen LogP contribution in [-0.4, -0.2) is 188 Å². The summed E-state index contributed by atoms with van der Waals surface area (Å²) in [5, 5.41) is 87.5. The van der Waals surface area contributed by atoms with Gasteiger partial charge >= 0.3 is 11.9 Å². The SMILES string of the molecule is CC(=O)O[C@@H]1C[C@H](O[C@@H]2[C@H](O)C[C@@H](O[C@@H]3[C@H](O)C[C@@H](O[C@@H]4CC[C@@]5(C)[C@H](CC[C@@H]6[C@@H]5CC[C@]5(C)[C@@H](C7=CC(=O)OC7)[C@@H](O)C[C@]65O)C4)O[C@@H]3C)O[C@@H]2C)O[C@H](C)[C@H]1O[C@H]1O[C@@H](CO)[C@H](O)[C@@H](O)[C@@H]1O. The zero-order valence-electron chi connectivity index (χ0n) is 40.5. The molecule has 9 aliphatic rings. The van der Waals surface area contributed by atoms with Crippen LogP contribution in [0.4, 0.5) is 0 Å². The Kier molecular flexibility index (Phi) is 15.1. The molecule has 9 rings (SSSR count). The summed E-state index contributed by atoms with van der Waals surface area (Å²) < 4.78 is 60.1. The first kappa shape index (κ1) is 51.9. The molecule has 0 aromatic rings. The number of carbonyl (C=O) groups excluding carboxylic acids is 2. The van der Waals surface area contributed by atoms with E-state index < -0.39 is 134 Å². The molecular formula is C49H76O20. The summed E-state index contributed by atoms with van der Waals surface area (Å²) in [7, 11) is 0. The largest absolute Gasteiger partial charge is 0.459 e. The summed E-state index contributed by atoms with van der Waals surface area (Å²) in [5.41, 5.74) is -0.809. The maximum absolute atomic E-state index is 12.6. The monoisotopic (exact) mass is 984 g/mol. The number of rotatable bonds is 11. The molecule has 0 aromatic carbocycles. The van der Waals surface area contributed by atoms with E-state index in [9.17, 15) is 50.4 Å². The van der Waals surface area contributed by atoms with Gasteiger partial charge in [-0.2, -0.15) is 0 Å². The fourth-order valence-electron chi connectivity index (χ4n) is 14.7. The number of fused-ring (bicyclic) bond motifs is 5. The number of cyclic esters (lactones) is 1. The van der Waals surface area contributed by atoms with E-state index in [1.54, 1.807) is 13.8 Å². The number of ether oxygens (including phenoxy) is 10. The van der Waals surface area contributed by atoms with Gasteiger partial charge < -0.3 is 88.2 Å². The van der Waals surface area contributed by atoms with E-state index in [2.05, 4.69) is 13.8 Å². The number of hydrogen-bond donors (Lipinski definition) is 8. The van der Waals surface area contributed by atoms with Crippen molar-refractivity contribution in [1.29, 1.82) is 0 Å². The third-order valence-electron chi connectivity index (χ3n) is 18.2. The van der Waals surface area contributed by atoms with Gasteiger partial charge in [0.05, 0.1) is 54.9 Å².